The van der Waals surface area contributed by atoms with Gasteiger partial charge in [0.1, 0.15) is 12.4 Å². The molecule has 0 spiro atoms. The standard InChI is InChI=1S/C24H31NO3/c26-19(17-27-20-8-2-3-9-20)15-25-14-13-22-21-10-4-1-7-18(21)16-28-24-12-6-5-11-23(22)24/h1,4-7,10-12,19-20,22,25-26H,2-3,8-9,13-17H2. The van der Waals surface area contributed by atoms with Crippen molar-refractivity contribution < 1.29 is 14.6 Å². The lowest BCUT2D eigenvalue weighted by Crippen LogP contribution is -2.32. The van der Waals surface area contributed by atoms with Gasteiger partial charge in [-0.15, -0.1) is 0 Å². The van der Waals surface area contributed by atoms with Gasteiger partial charge in [0.15, 0.2) is 0 Å². The monoisotopic (exact) mass is 381 g/mol. The maximum absolute atomic E-state index is 10.2. The summed E-state index contributed by atoms with van der Waals surface area (Å²) in [6, 6.07) is 16.9. The molecule has 0 amide bonds. The minimum atomic E-state index is -0.447. The Kier molecular flexibility index (Phi) is 6.63. The second-order valence-corrected chi connectivity index (χ2v) is 7.96. The molecule has 2 aromatic carbocycles. The third kappa shape index (κ3) is 4.75. The predicted molar refractivity (Wildman–Crippen MR) is 111 cm³/mol. The van der Waals surface area contributed by atoms with Gasteiger partial charge in [0.25, 0.3) is 0 Å². The van der Waals surface area contributed by atoms with Crippen LogP contribution >= 0.6 is 0 Å². The summed E-state index contributed by atoms with van der Waals surface area (Å²) in [5.74, 6) is 1.28. The molecule has 1 fully saturated rings. The average Bonchev–Trinajstić information content (AvgIpc) is 3.20. The maximum Gasteiger partial charge on any atom is 0.123 e. The van der Waals surface area contributed by atoms with Crippen molar-refractivity contribution >= 4 is 0 Å². The predicted octanol–water partition coefficient (Wildman–Crippen LogP) is 4.01. The van der Waals surface area contributed by atoms with E-state index in [9.17, 15) is 5.11 Å². The van der Waals surface area contributed by atoms with Gasteiger partial charge in [0, 0.05) is 18.0 Å². The molecular formula is C24H31NO3. The van der Waals surface area contributed by atoms with Crippen LogP contribution in [-0.2, 0) is 11.3 Å². The number of nitrogens with one attached hydrogen (secondary N) is 1. The van der Waals surface area contributed by atoms with E-state index in [0.29, 0.717) is 31.8 Å². The first-order valence-electron chi connectivity index (χ1n) is 10.6. The summed E-state index contributed by atoms with van der Waals surface area (Å²) in [4.78, 5) is 0. The van der Waals surface area contributed by atoms with Crippen molar-refractivity contribution in [2.24, 2.45) is 0 Å². The summed E-state index contributed by atoms with van der Waals surface area (Å²) in [6.45, 7) is 2.46. The Labute approximate surface area is 167 Å². The van der Waals surface area contributed by atoms with E-state index in [4.69, 9.17) is 9.47 Å². The van der Waals surface area contributed by atoms with Crippen molar-refractivity contribution in [2.75, 3.05) is 19.7 Å². The van der Waals surface area contributed by atoms with Gasteiger partial charge in [-0.3, -0.25) is 0 Å². The van der Waals surface area contributed by atoms with E-state index in [1.807, 2.05) is 6.07 Å². The van der Waals surface area contributed by atoms with E-state index in [1.165, 1.54) is 29.5 Å². The summed E-state index contributed by atoms with van der Waals surface area (Å²) in [7, 11) is 0. The highest BCUT2D eigenvalue weighted by Crippen LogP contribution is 2.38. The first-order chi connectivity index (χ1) is 13.8. The molecule has 0 bridgehead atoms. The van der Waals surface area contributed by atoms with Gasteiger partial charge in [-0.2, -0.15) is 0 Å². The molecule has 2 aromatic rings. The van der Waals surface area contributed by atoms with Gasteiger partial charge in [0.2, 0.25) is 0 Å². The molecule has 1 saturated carbocycles. The molecule has 28 heavy (non-hydrogen) atoms. The first kappa shape index (κ1) is 19.4. The number of fused-ring (bicyclic) bond motifs is 2. The quantitative estimate of drug-likeness (QED) is 0.679. The van der Waals surface area contributed by atoms with Crippen molar-refractivity contribution in [3.8, 4) is 5.75 Å². The van der Waals surface area contributed by atoms with Crippen LogP contribution in [0.2, 0.25) is 0 Å². The van der Waals surface area contributed by atoms with E-state index in [1.54, 1.807) is 0 Å². The SMILES string of the molecule is OC(CNCCC1c2ccccc2COc2ccccc21)COC1CCCC1. The molecule has 150 valence electrons. The molecular weight excluding hydrogens is 350 g/mol. The van der Waals surface area contributed by atoms with Crippen molar-refractivity contribution in [2.45, 2.75) is 56.8 Å². The Hall–Kier alpha value is -1.88. The van der Waals surface area contributed by atoms with E-state index in [-0.39, 0.29) is 0 Å². The number of para-hydroxylation sites is 1. The fraction of sp³-hybridized carbons (Fsp3) is 0.500. The Morgan fingerprint density at radius 3 is 2.64 bits per heavy atom. The fourth-order valence-electron chi connectivity index (χ4n) is 4.42. The summed E-state index contributed by atoms with van der Waals surface area (Å²) >= 11 is 0. The van der Waals surface area contributed by atoms with E-state index < -0.39 is 6.10 Å². The Morgan fingerprint density at radius 1 is 1.04 bits per heavy atom. The van der Waals surface area contributed by atoms with Gasteiger partial charge in [0.05, 0.1) is 18.8 Å². The lowest BCUT2D eigenvalue weighted by Gasteiger charge is -2.20. The Bertz CT molecular complexity index is 710. The molecule has 1 heterocycles. The molecule has 1 aliphatic carbocycles. The highest BCUT2D eigenvalue weighted by atomic mass is 16.5. The zero-order valence-corrected chi connectivity index (χ0v) is 16.5. The molecule has 2 N–H and O–H groups in total. The summed E-state index contributed by atoms with van der Waals surface area (Å²) in [6.07, 6.45) is 5.67. The molecule has 4 rings (SSSR count). The Balaban J connectivity index is 1.32. The van der Waals surface area contributed by atoms with Crippen LogP contribution in [0, 0.1) is 0 Å². The molecule has 2 unspecified atom stereocenters. The van der Waals surface area contributed by atoms with Gasteiger partial charge in [-0.1, -0.05) is 55.3 Å². The van der Waals surface area contributed by atoms with Crippen LogP contribution in [0.1, 0.15) is 54.7 Å². The zero-order chi connectivity index (χ0) is 19.2. The molecule has 4 heteroatoms. The third-order valence-electron chi connectivity index (χ3n) is 5.92. The Morgan fingerprint density at radius 2 is 1.79 bits per heavy atom. The van der Waals surface area contributed by atoms with Crippen LogP contribution in [0.15, 0.2) is 48.5 Å². The van der Waals surface area contributed by atoms with E-state index >= 15 is 0 Å². The highest BCUT2D eigenvalue weighted by molar-refractivity contribution is 5.46. The molecule has 2 aliphatic rings. The topological polar surface area (TPSA) is 50.7 Å². The first-order valence-corrected chi connectivity index (χ1v) is 10.6. The smallest absolute Gasteiger partial charge is 0.123 e. The number of ether oxygens (including phenoxy) is 2. The van der Waals surface area contributed by atoms with Crippen LogP contribution in [0.25, 0.3) is 0 Å². The molecule has 0 saturated heterocycles. The van der Waals surface area contributed by atoms with E-state index in [2.05, 4.69) is 47.8 Å². The zero-order valence-electron chi connectivity index (χ0n) is 16.5. The third-order valence-corrected chi connectivity index (χ3v) is 5.92. The molecule has 0 aromatic heterocycles. The summed E-state index contributed by atoms with van der Waals surface area (Å²) in [5, 5.41) is 13.6. The summed E-state index contributed by atoms with van der Waals surface area (Å²) in [5.41, 5.74) is 3.85. The van der Waals surface area contributed by atoms with Crippen molar-refractivity contribution in [1.82, 2.24) is 5.32 Å². The minimum Gasteiger partial charge on any atom is -0.489 e. The summed E-state index contributed by atoms with van der Waals surface area (Å²) < 4.78 is 11.9. The van der Waals surface area contributed by atoms with Crippen LogP contribution in [0.3, 0.4) is 0 Å². The number of rotatable bonds is 8. The lowest BCUT2D eigenvalue weighted by atomic mass is 9.86. The van der Waals surface area contributed by atoms with Crippen LogP contribution in [0.5, 0.6) is 5.75 Å². The van der Waals surface area contributed by atoms with Gasteiger partial charge < -0.3 is 19.9 Å². The minimum absolute atomic E-state index is 0.300. The largest absolute Gasteiger partial charge is 0.489 e. The van der Waals surface area contributed by atoms with Crippen LogP contribution < -0.4 is 10.1 Å². The van der Waals surface area contributed by atoms with Crippen molar-refractivity contribution in [3.05, 3.63) is 65.2 Å². The van der Waals surface area contributed by atoms with Gasteiger partial charge >= 0.3 is 0 Å². The maximum atomic E-state index is 10.2. The molecule has 0 radical (unpaired) electrons. The van der Waals surface area contributed by atoms with Gasteiger partial charge in [-0.05, 0) is 43.0 Å². The fourth-order valence-corrected chi connectivity index (χ4v) is 4.42. The molecule has 4 nitrogen and oxygen atoms in total. The highest BCUT2D eigenvalue weighted by Gasteiger charge is 2.24. The number of benzene rings is 2. The van der Waals surface area contributed by atoms with Gasteiger partial charge in [-0.25, -0.2) is 0 Å². The average molecular weight is 382 g/mol. The van der Waals surface area contributed by atoms with E-state index in [0.717, 1.165) is 31.6 Å². The van der Waals surface area contributed by atoms with Crippen molar-refractivity contribution in [1.29, 1.82) is 0 Å². The number of aliphatic hydroxyl groups excluding tert-OH is 1. The molecule has 1 aliphatic heterocycles. The van der Waals surface area contributed by atoms with Crippen LogP contribution in [0.4, 0.5) is 0 Å². The molecule has 2 atom stereocenters. The number of hydrogen-bond acceptors (Lipinski definition) is 4. The number of aliphatic hydroxyl groups is 1. The van der Waals surface area contributed by atoms with Crippen LogP contribution in [-0.4, -0.2) is 37.0 Å². The second kappa shape index (κ2) is 9.55. The normalized spacial score (nSPS) is 20.1. The lowest BCUT2D eigenvalue weighted by molar-refractivity contribution is -0.00536. The number of hydrogen-bond donors (Lipinski definition) is 2. The van der Waals surface area contributed by atoms with Crippen molar-refractivity contribution in [3.63, 3.8) is 0 Å². The second-order valence-electron chi connectivity index (χ2n) is 7.96.